The summed E-state index contributed by atoms with van der Waals surface area (Å²) < 4.78 is 2.16. The van der Waals surface area contributed by atoms with Gasteiger partial charge in [-0.3, -0.25) is 4.79 Å². The molecule has 1 heterocycles. The molecule has 2 aliphatic rings. The molecular weight excluding hydrogens is 308 g/mol. The molecule has 1 aromatic rings. The zero-order valence-corrected chi connectivity index (χ0v) is 12.4. The van der Waals surface area contributed by atoms with Crippen LogP contribution in [-0.4, -0.2) is 28.9 Å². The van der Waals surface area contributed by atoms with Gasteiger partial charge >= 0.3 is 0 Å². The predicted octanol–water partition coefficient (Wildman–Crippen LogP) is 1.58. The molecule has 0 radical (unpaired) electrons. The fraction of sp³-hybridized carbons (Fsp3) is 0.692. The number of halogens is 1. The molecule has 5 nitrogen and oxygen atoms in total. The Hall–Kier alpha value is -0.880. The highest BCUT2D eigenvalue weighted by atomic mass is 79.9. The number of anilines is 1. The summed E-state index contributed by atoms with van der Waals surface area (Å²) in [5.41, 5.74) is 0.752. The van der Waals surface area contributed by atoms with E-state index < -0.39 is 0 Å². The maximum absolute atomic E-state index is 12.1. The number of nitrogens with one attached hydrogen (secondary N) is 2. The molecule has 3 rings (SSSR count). The fourth-order valence-corrected chi connectivity index (χ4v) is 2.47. The Morgan fingerprint density at radius 3 is 2.79 bits per heavy atom. The highest BCUT2D eigenvalue weighted by molar-refractivity contribution is 9.10. The van der Waals surface area contributed by atoms with E-state index in [1.54, 1.807) is 10.9 Å². The summed E-state index contributed by atoms with van der Waals surface area (Å²) in [5, 5.41) is 10.9. The van der Waals surface area contributed by atoms with E-state index in [9.17, 15) is 4.79 Å². The molecule has 0 atom stereocenters. The molecule has 6 heteroatoms. The van der Waals surface area contributed by atoms with Gasteiger partial charge in [-0.15, -0.1) is 0 Å². The van der Waals surface area contributed by atoms with Crippen LogP contribution in [0.15, 0.2) is 15.5 Å². The molecule has 2 N–H and O–H groups in total. The normalized spacial score (nSPS) is 18.6. The summed E-state index contributed by atoms with van der Waals surface area (Å²) >= 11 is 3.38. The summed E-state index contributed by atoms with van der Waals surface area (Å²) in [6.45, 7) is 2.48. The van der Waals surface area contributed by atoms with Crippen LogP contribution in [0.5, 0.6) is 0 Å². The summed E-state index contributed by atoms with van der Waals surface area (Å²) in [4.78, 5) is 12.1. The van der Waals surface area contributed by atoms with Gasteiger partial charge in [0, 0.05) is 25.7 Å². The molecule has 0 amide bonds. The van der Waals surface area contributed by atoms with E-state index in [4.69, 9.17) is 0 Å². The van der Waals surface area contributed by atoms with Crippen LogP contribution < -0.4 is 16.2 Å². The van der Waals surface area contributed by atoms with Crippen LogP contribution >= 0.6 is 15.9 Å². The number of nitrogens with zero attached hydrogens (tertiary/aromatic N) is 2. The molecule has 19 heavy (non-hydrogen) atoms. The zero-order valence-electron chi connectivity index (χ0n) is 10.9. The monoisotopic (exact) mass is 326 g/mol. The Morgan fingerprint density at radius 1 is 1.32 bits per heavy atom. The van der Waals surface area contributed by atoms with Crippen molar-refractivity contribution in [3.05, 3.63) is 21.0 Å². The minimum absolute atomic E-state index is 0.0351. The smallest absolute Gasteiger partial charge is 0.283 e. The first kappa shape index (κ1) is 13.1. The van der Waals surface area contributed by atoms with Crippen LogP contribution in [0.1, 0.15) is 25.7 Å². The Kier molecular flexibility index (Phi) is 3.88. The van der Waals surface area contributed by atoms with Crippen molar-refractivity contribution >= 4 is 21.6 Å². The van der Waals surface area contributed by atoms with E-state index in [-0.39, 0.29) is 5.56 Å². The second-order valence-electron chi connectivity index (χ2n) is 5.46. The minimum Gasteiger partial charge on any atom is -0.381 e. The van der Waals surface area contributed by atoms with Gasteiger partial charge in [-0.2, -0.15) is 5.10 Å². The van der Waals surface area contributed by atoms with Crippen molar-refractivity contribution in [3.63, 3.8) is 0 Å². The van der Waals surface area contributed by atoms with Gasteiger partial charge in [0.2, 0.25) is 0 Å². The SMILES string of the molecule is O=c1c(Br)c(NCCNC2CC2)cnn1CC1CC1. The first-order chi connectivity index (χ1) is 9.24. The average molecular weight is 327 g/mol. The lowest BCUT2D eigenvalue weighted by atomic mass is 10.4. The molecule has 2 saturated carbocycles. The number of hydrogen-bond acceptors (Lipinski definition) is 4. The molecule has 0 unspecified atom stereocenters. The summed E-state index contributed by atoms with van der Waals surface area (Å²) in [6.07, 6.45) is 6.77. The van der Waals surface area contributed by atoms with Crippen molar-refractivity contribution in [1.82, 2.24) is 15.1 Å². The zero-order chi connectivity index (χ0) is 13.2. The van der Waals surface area contributed by atoms with Gasteiger partial charge in [-0.05, 0) is 47.5 Å². The van der Waals surface area contributed by atoms with Crippen molar-refractivity contribution in [2.45, 2.75) is 38.3 Å². The van der Waals surface area contributed by atoms with Gasteiger partial charge in [0.25, 0.3) is 5.56 Å². The van der Waals surface area contributed by atoms with Crippen molar-refractivity contribution < 1.29 is 0 Å². The summed E-state index contributed by atoms with van der Waals surface area (Å²) in [5.74, 6) is 0.652. The van der Waals surface area contributed by atoms with Crippen molar-refractivity contribution in [2.75, 3.05) is 18.4 Å². The Morgan fingerprint density at radius 2 is 2.11 bits per heavy atom. The highest BCUT2D eigenvalue weighted by Gasteiger charge is 2.23. The van der Waals surface area contributed by atoms with Crippen LogP contribution in [0.25, 0.3) is 0 Å². The first-order valence-corrected chi connectivity index (χ1v) is 7.76. The van der Waals surface area contributed by atoms with Crippen LogP contribution in [0, 0.1) is 5.92 Å². The maximum Gasteiger partial charge on any atom is 0.283 e. The third-order valence-electron chi connectivity index (χ3n) is 3.56. The molecule has 0 bridgehead atoms. The molecular formula is C13H19BrN4O. The molecule has 104 valence electrons. The van der Waals surface area contributed by atoms with E-state index in [2.05, 4.69) is 31.7 Å². The lowest BCUT2D eigenvalue weighted by Gasteiger charge is -2.10. The molecule has 0 saturated heterocycles. The third kappa shape index (κ3) is 3.57. The molecule has 0 aliphatic heterocycles. The molecule has 2 fully saturated rings. The summed E-state index contributed by atoms with van der Waals surface area (Å²) in [6, 6.07) is 0.718. The Labute approximate surface area is 120 Å². The standard InChI is InChI=1S/C13H19BrN4O/c14-12-11(16-6-5-15-10-3-4-10)7-17-18(13(12)19)8-9-1-2-9/h7,9-10,15-16H,1-6,8H2. The van der Waals surface area contributed by atoms with E-state index >= 15 is 0 Å². The van der Waals surface area contributed by atoms with E-state index in [0.29, 0.717) is 10.4 Å². The van der Waals surface area contributed by atoms with Crippen LogP contribution in [0.2, 0.25) is 0 Å². The van der Waals surface area contributed by atoms with Gasteiger partial charge in [-0.1, -0.05) is 0 Å². The lowest BCUT2D eigenvalue weighted by Crippen LogP contribution is -2.27. The van der Waals surface area contributed by atoms with Gasteiger partial charge in [0.05, 0.1) is 11.9 Å². The molecule has 1 aromatic heterocycles. The van der Waals surface area contributed by atoms with Gasteiger partial charge < -0.3 is 10.6 Å². The fourth-order valence-electron chi connectivity index (χ4n) is 2.02. The van der Waals surface area contributed by atoms with Crippen molar-refractivity contribution in [3.8, 4) is 0 Å². The van der Waals surface area contributed by atoms with Gasteiger partial charge in [0.1, 0.15) is 4.47 Å². The Balaban J connectivity index is 1.57. The topological polar surface area (TPSA) is 59.0 Å². The number of aromatic nitrogens is 2. The van der Waals surface area contributed by atoms with E-state index in [1.165, 1.54) is 25.7 Å². The van der Waals surface area contributed by atoms with Crippen LogP contribution in [-0.2, 0) is 6.54 Å². The molecule has 0 spiro atoms. The van der Waals surface area contributed by atoms with E-state index in [0.717, 1.165) is 31.4 Å². The van der Waals surface area contributed by atoms with Crippen LogP contribution in [0.3, 0.4) is 0 Å². The second kappa shape index (κ2) is 5.63. The highest BCUT2D eigenvalue weighted by Crippen LogP contribution is 2.30. The van der Waals surface area contributed by atoms with Gasteiger partial charge in [0.15, 0.2) is 0 Å². The second-order valence-corrected chi connectivity index (χ2v) is 6.25. The lowest BCUT2D eigenvalue weighted by molar-refractivity contribution is 0.531. The maximum atomic E-state index is 12.1. The first-order valence-electron chi connectivity index (χ1n) is 6.97. The Bertz CT molecular complexity index is 508. The van der Waals surface area contributed by atoms with E-state index in [1.807, 2.05) is 0 Å². The predicted molar refractivity (Wildman–Crippen MR) is 78.4 cm³/mol. The number of hydrogen-bond donors (Lipinski definition) is 2. The van der Waals surface area contributed by atoms with Gasteiger partial charge in [-0.25, -0.2) is 4.68 Å². The largest absolute Gasteiger partial charge is 0.381 e. The minimum atomic E-state index is -0.0351. The van der Waals surface area contributed by atoms with Crippen molar-refractivity contribution in [2.24, 2.45) is 5.92 Å². The summed E-state index contributed by atoms with van der Waals surface area (Å²) in [7, 11) is 0. The van der Waals surface area contributed by atoms with Crippen molar-refractivity contribution in [1.29, 1.82) is 0 Å². The van der Waals surface area contributed by atoms with Crippen LogP contribution in [0.4, 0.5) is 5.69 Å². The third-order valence-corrected chi connectivity index (χ3v) is 4.33. The number of rotatable bonds is 7. The average Bonchev–Trinajstić information content (AvgIpc) is 3.27. The quantitative estimate of drug-likeness (QED) is 0.747. The molecule has 0 aromatic carbocycles. The molecule has 2 aliphatic carbocycles.